The lowest BCUT2D eigenvalue weighted by Gasteiger charge is -2.27. The van der Waals surface area contributed by atoms with Crippen LogP contribution in [-0.4, -0.2) is 57.3 Å². The molecule has 6 heteroatoms. The van der Waals surface area contributed by atoms with E-state index in [0.717, 1.165) is 38.5 Å². The molecule has 6 nitrogen and oxygen atoms in total. The first-order valence-corrected chi connectivity index (χ1v) is 29.2. The second-order valence-electron chi connectivity index (χ2n) is 20.3. The van der Waals surface area contributed by atoms with E-state index in [4.69, 9.17) is 0 Å². The van der Waals surface area contributed by atoms with Crippen LogP contribution < -0.4 is 5.32 Å². The SMILES string of the molecule is CCCCCCCC/C=C/CC/C=C/CCCC(O)C(O)C(CO)NC(=O)C(O)CCCCCCCCCCCCCCCCCCCCCCCCCCCCCCCCCCCC. The van der Waals surface area contributed by atoms with Gasteiger partial charge >= 0.3 is 0 Å². The number of nitrogens with one attached hydrogen (secondary N) is 1. The molecule has 0 aromatic carbocycles. The van der Waals surface area contributed by atoms with Gasteiger partial charge in [-0.15, -0.1) is 0 Å². The van der Waals surface area contributed by atoms with Crippen molar-refractivity contribution < 1.29 is 25.2 Å². The van der Waals surface area contributed by atoms with Crippen LogP contribution in [0.1, 0.15) is 316 Å². The van der Waals surface area contributed by atoms with E-state index in [1.165, 1.54) is 244 Å². The first-order chi connectivity index (χ1) is 32.0. The van der Waals surface area contributed by atoms with E-state index in [0.29, 0.717) is 19.3 Å². The van der Waals surface area contributed by atoms with E-state index in [-0.39, 0.29) is 0 Å². The minimum absolute atomic E-state index is 0.365. The fourth-order valence-corrected chi connectivity index (χ4v) is 9.31. The Morgan fingerprint density at radius 2 is 0.646 bits per heavy atom. The Morgan fingerprint density at radius 1 is 0.369 bits per heavy atom. The van der Waals surface area contributed by atoms with Crippen molar-refractivity contribution in [1.82, 2.24) is 5.32 Å². The van der Waals surface area contributed by atoms with Crippen molar-refractivity contribution >= 4 is 5.91 Å². The maximum atomic E-state index is 12.6. The molecule has 0 aromatic heterocycles. The molecule has 0 aromatic rings. The van der Waals surface area contributed by atoms with Gasteiger partial charge in [-0.05, 0) is 51.4 Å². The van der Waals surface area contributed by atoms with Gasteiger partial charge in [0.15, 0.2) is 0 Å². The van der Waals surface area contributed by atoms with Gasteiger partial charge in [0.05, 0.1) is 18.8 Å². The number of amides is 1. The summed E-state index contributed by atoms with van der Waals surface area (Å²) in [5.41, 5.74) is 0. The van der Waals surface area contributed by atoms with Crippen molar-refractivity contribution in [2.24, 2.45) is 0 Å². The molecule has 0 aliphatic rings. The summed E-state index contributed by atoms with van der Waals surface area (Å²) in [4.78, 5) is 12.6. The lowest BCUT2D eigenvalue weighted by atomic mass is 10.00. The molecule has 0 aliphatic carbocycles. The average molecular weight is 919 g/mol. The molecule has 0 bridgehead atoms. The van der Waals surface area contributed by atoms with Gasteiger partial charge in [0, 0.05) is 0 Å². The summed E-state index contributed by atoms with van der Waals surface area (Å²) in [6, 6.07) is -1.01. The van der Waals surface area contributed by atoms with Gasteiger partial charge in [0.1, 0.15) is 12.2 Å². The fourth-order valence-electron chi connectivity index (χ4n) is 9.31. The van der Waals surface area contributed by atoms with Crippen LogP contribution in [0.2, 0.25) is 0 Å². The number of unbranched alkanes of at least 4 members (excludes halogenated alkanes) is 41. The van der Waals surface area contributed by atoms with Crippen molar-refractivity contribution in [2.45, 2.75) is 340 Å². The highest BCUT2D eigenvalue weighted by atomic mass is 16.3. The highest BCUT2D eigenvalue weighted by molar-refractivity contribution is 5.80. The zero-order chi connectivity index (χ0) is 47.4. The summed E-state index contributed by atoms with van der Waals surface area (Å²) in [5.74, 6) is -0.592. The van der Waals surface area contributed by atoms with Crippen LogP contribution in [0.5, 0.6) is 0 Å². The number of rotatable bonds is 54. The summed E-state index contributed by atoms with van der Waals surface area (Å²) < 4.78 is 0. The zero-order valence-electron chi connectivity index (χ0n) is 43.8. The van der Waals surface area contributed by atoms with E-state index in [1.807, 2.05) is 0 Å². The van der Waals surface area contributed by atoms with E-state index >= 15 is 0 Å². The molecule has 0 aliphatic heterocycles. The summed E-state index contributed by atoms with van der Waals surface area (Å²) >= 11 is 0. The lowest BCUT2D eigenvalue weighted by Crippen LogP contribution is -2.53. The molecule has 65 heavy (non-hydrogen) atoms. The summed E-state index contributed by atoms with van der Waals surface area (Å²) in [5, 5.41) is 43.9. The number of carbonyl (C=O) groups excluding carboxylic acids is 1. The smallest absolute Gasteiger partial charge is 0.249 e. The number of aliphatic hydroxyl groups is 4. The number of carbonyl (C=O) groups is 1. The Morgan fingerprint density at radius 3 is 0.969 bits per heavy atom. The third-order valence-electron chi connectivity index (χ3n) is 13.9. The molecular weight excluding hydrogens is 803 g/mol. The number of hydrogen-bond donors (Lipinski definition) is 5. The van der Waals surface area contributed by atoms with E-state index < -0.39 is 36.9 Å². The van der Waals surface area contributed by atoms with Crippen LogP contribution in [0.15, 0.2) is 24.3 Å². The zero-order valence-corrected chi connectivity index (χ0v) is 43.8. The number of allylic oxidation sites excluding steroid dienone is 4. The van der Waals surface area contributed by atoms with Crippen LogP contribution in [0.4, 0.5) is 0 Å². The molecule has 5 N–H and O–H groups in total. The molecule has 1 amide bonds. The molecule has 0 spiro atoms. The Bertz CT molecular complexity index is 986. The Hall–Kier alpha value is -1.21. The summed E-state index contributed by atoms with van der Waals surface area (Å²) in [6.07, 6.45) is 65.6. The van der Waals surface area contributed by atoms with Crippen LogP contribution in [-0.2, 0) is 4.79 Å². The van der Waals surface area contributed by atoms with Crippen LogP contribution in [0.3, 0.4) is 0 Å². The highest BCUT2D eigenvalue weighted by Gasteiger charge is 2.28. The van der Waals surface area contributed by atoms with Gasteiger partial charge in [-0.1, -0.05) is 289 Å². The van der Waals surface area contributed by atoms with E-state index in [9.17, 15) is 25.2 Å². The van der Waals surface area contributed by atoms with Crippen LogP contribution in [0.25, 0.3) is 0 Å². The minimum Gasteiger partial charge on any atom is -0.394 e. The molecule has 0 saturated carbocycles. The summed E-state index contributed by atoms with van der Waals surface area (Å²) in [6.45, 7) is 4.05. The molecule has 386 valence electrons. The molecule has 0 radical (unpaired) electrons. The number of hydrogen-bond acceptors (Lipinski definition) is 5. The van der Waals surface area contributed by atoms with Crippen LogP contribution in [0, 0.1) is 0 Å². The van der Waals surface area contributed by atoms with E-state index in [1.54, 1.807) is 0 Å². The van der Waals surface area contributed by atoms with Crippen molar-refractivity contribution in [3.63, 3.8) is 0 Å². The molecule has 0 rings (SSSR count). The van der Waals surface area contributed by atoms with Crippen molar-refractivity contribution in [2.75, 3.05) is 6.61 Å². The monoisotopic (exact) mass is 918 g/mol. The van der Waals surface area contributed by atoms with Crippen molar-refractivity contribution in [3.8, 4) is 0 Å². The van der Waals surface area contributed by atoms with Gasteiger partial charge in [0.25, 0.3) is 0 Å². The molecular formula is C59H115NO5. The van der Waals surface area contributed by atoms with Gasteiger partial charge in [-0.2, -0.15) is 0 Å². The third kappa shape index (κ3) is 47.6. The molecule has 0 fully saturated rings. The average Bonchev–Trinajstić information content (AvgIpc) is 3.31. The molecule has 0 saturated heterocycles. The topological polar surface area (TPSA) is 110 Å². The van der Waals surface area contributed by atoms with Crippen molar-refractivity contribution in [3.05, 3.63) is 24.3 Å². The Labute approximate surface area is 405 Å². The minimum atomic E-state index is -1.29. The van der Waals surface area contributed by atoms with Crippen molar-refractivity contribution in [1.29, 1.82) is 0 Å². The quantitative estimate of drug-likeness (QED) is 0.0308. The standard InChI is InChI=1S/C59H115NO5/c1-3-5-7-9-11-13-15-17-19-20-21-22-23-24-25-26-27-28-29-30-31-32-33-34-35-36-37-39-41-43-45-47-49-51-53-57(63)59(65)60-55(54-61)58(64)56(62)52-50-48-46-44-42-40-38-18-16-14-12-10-8-6-4-2/h18,38,44,46,55-58,61-64H,3-17,19-37,39-43,45,47-54H2,1-2H3,(H,60,65)/b38-18+,46-44+. The third-order valence-corrected chi connectivity index (χ3v) is 13.9. The van der Waals surface area contributed by atoms with Crippen LogP contribution >= 0.6 is 0 Å². The maximum absolute atomic E-state index is 12.6. The molecule has 4 atom stereocenters. The largest absolute Gasteiger partial charge is 0.394 e. The lowest BCUT2D eigenvalue weighted by molar-refractivity contribution is -0.132. The van der Waals surface area contributed by atoms with Gasteiger partial charge in [0.2, 0.25) is 5.91 Å². The highest BCUT2D eigenvalue weighted by Crippen LogP contribution is 2.18. The van der Waals surface area contributed by atoms with Gasteiger partial charge < -0.3 is 25.7 Å². The predicted molar refractivity (Wildman–Crippen MR) is 284 cm³/mol. The molecule has 4 unspecified atom stereocenters. The second-order valence-corrected chi connectivity index (χ2v) is 20.3. The first-order valence-electron chi connectivity index (χ1n) is 29.2. The maximum Gasteiger partial charge on any atom is 0.249 e. The fraction of sp³-hybridized carbons (Fsp3) is 0.915. The first kappa shape index (κ1) is 63.8. The van der Waals surface area contributed by atoms with E-state index in [2.05, 4.69) is 43.5 Å². The van der Waals surface area contributed by atoms with Gasteiger partial charge in [-0.3, -0.25) is 4.79 Å². The normalized spacial score (nSPS) is 13.9. The Balaban J connectivity index is 3.54. The summed E-state index contributed by atoms with van der Waals surface area (Å²) in [7, 11) is 0. The number of aliphatic hydroxyl groups excluding tert-OH is 4. The second kappa shape index (κ2) is 53.7. The predicted octanol–water partition coefficient (Wildman–Crippen LogP) is 17.0. The molecule has 0 heterocycles. The van der Waals surface area contributed by atoms with Gasteiger partial charge in [-0.25, -0.2) is 0 Å². The Kier molecular flexibility index (Phi) is 52.7.